The van der Waals surface area contributed by atoms with Crippen LogP contribution in [0.3, 0.4) is 0 Å². The van der Waals surface area contributed by atoms with E-state index in [0.29, 0.717) is 24.9 Å². The summed E-state index contributed by atoms with van der Waals surface area (Å²) in [5, 5.41) is 2.85. The monoisotopic (exact) mass is 372 g/mol. The number of primary amides is 1. The molecule has 0 spiro atoms. The summed E-state index contributed by atoms with van der Waals surface area (Å²) in [6, 6.07) is 5.86. The molecular weight excluding hydrogens is 348 g/mol. The molecular formula is C19H24N4O4. The highest BCUT2D eigenvalue weighted by Crippen LogP contribution is 2.22. The second kappa shape index (κ2) is 7.77. The minimum Gasteiger partial charge on any atom is -0.368 e. The van der Waals surface area contributed by atoms with E-state index in [9.17, 15) is 19.2 Å². The first kappa shape index (κ1) is 18.9. The summed E-state index contributed by atoms with van der Waals surface area (Å²) >= 11 is 0. The lowest BCUT2D eigenvalue weighted by Crippen LogP contribution is -2.42. The van der Waals surface area contributed by atoms with E-state index in [-0.39, 0.29) is 30.3 Å². The van der Waals surface area contributed by atoms with Crippen LogP contribution < -0.4 is 16.0 Å². The average Bonchev–Trinajstić information content (AvgIpc) is 3.07. The Bertz CT molecular complexity index is 739. The van der Waals surface area contributed by atoms with Crippen molar-refractivity contribution >= 4 is 29.3 Å². The Hall–Kier alpha value is -2.90. The van der Waals surface area contributed by atoms with Crippen molar-refractivity contribution < 1.29 is 19.2 Å². The van der Waals surface area contributed by atoms with Crippen molar-refractivity contribution in [2.75, 3.05) is 18.0 Å². The number of likely N-dealkylation sites (tertiary alicyclic amines) is 1. The molecule has 2 fully saturated rings. The van der Waals surface area contributed by atoms with Gasteiger partial charge in [-0.15, -0.1) is 0 Å². The third kappa shape index (κ3) is 4.10. The van der Waals surface area contributed by atoms with Crippen molar-refractivity contribution in [2.45, 2.75) is 44.7 Å². The Morgan fingerprint density at radius 1 is 1.15 bits per heavy atom. The van der Waals surface area contributed by atoms with E-state index in [1.807, 2.05) is 0 Å². The van der Waals surface area contributed by atoms with Gasteiger partial charge in [0, 0.05) is 43.7 Å². The molecule has 4 amide bonds. The number of amides is 4. The van der Waals surface area contributed by atoms with Crippen LogP contribution in [0.4, 0.5) is 5.69 Å². The van der Waals surface area contributed by atoms with Crippen molar-refractivity contribution in [3.63, 3.8) is 0 Å². The number of hydrogen-bond acceptors (Lipinski definition) is 4. The summed E-state index contributed by atoms with van der Waals surface area (Å²) in [7, 11) is 0. The Balaban J connectivity index is 1.64. The molecule has 3 N–H and O–H groups in total. The van der Waals surface area contributed by atoms with Gasteiger partial charge in [-0.1, -0.05) is 0 Å². The lowest BCUT2D eigenvalue weighted by molar-refractivity contribution is -0.135. The zero-order valence-electron chi connectivity index (χ0n) is 15.3. The Morgan fingerprint density at radius 2 is 1.85 bits per heavy atom. The lowest BCUT2D eigenvalue weighted by Gasteiger charge is -2.26. The van der Waals surface area contributed by atoms with Crippen molar-refractivity contribution in [2.24, 2.45) is 5.73 Å². The zero-order chi connectivity index (χ0) is 19.6. The number of benzene rings is 1. The molecule has 8 heteroatoms. The molecule has 0 radical (unpaired) electrons. The van der Waals surface area contributed by atoms with E-state index in [4.69, 9.17) is 5.73 Å². The van der Waals surface area contributed by atoms with Gasteiger partial charge in [0.2, 0.25) is 17.7 Å². The number of nitrogens with one attached hydrogen (secondary N) is 1. The normalized spacial score (nSPS) is 22.6. The second-order valence-corrected chi connectivity index (χ2v) is 7.04. The van der Waals surface area contributed by atoms with Gasteiger partial charge in [0.15, 0.2) is 0 Å². The highest BCUT2D eigenvalue weighted by atomic mass is 16.2. The minimum absolute atomic E-state index is 0.103. The number of carbonyl (C=O) groups excluding carboxylic acids is 4. The van der Waals surface area contributed by atoms with Crippen LogP contribution in [0.25, 0.3) is 0 Å². The number of carbonyl (C=O) groups is 4. The third-order valence-electron chi connectivity index (χ3n) is 5.13. The number of piperidine rings is 1. The van der Waals surface area contributed by atoms with Crippen LogP contribution in [-0.4, -0.2) is 53.7 Å². The smallest absolute Gasteiger partial charge is 0.251 e. The fourth-order valence-corrected chi connectivity index (χ4v) is 3.70. The maximum Gasteiger partial charge on any atom is 0.251 e. The van der Waals surface area contributed by atoms with Gasteiger partial charge in [-0.05, 0) is 43.5 Å². The van der Waals surface area contributed by atoms with Crippen molar-refractivity contribution in [1.82, 2.24) is 10.2 Å². The van der Waals surface area contributed by atoms with E-state index in [0.717, 1.165) is 18.5 Å². The SMILES string of the molecule is CC(=O)N1CC(NC(=O)c2ccc(N3CCCCC3=O)cc2)CC1C(N)=O. The summed E-state index contributed by atoms with van der Waals surface area (Å²) in [6.07, 6.45) is 2.75. The molecule has 27 heavy (non-hydrogen) atoms. The quantitative estimate of drug-likeness (QED) is 0.797. The van der Waals surface area contributed by atoms with E-state index < -0.39 is 11.9 Å². The fourth-order valence-electron chi connectivity index (χ4n) is 3.70. The largest absolute Gasteiger partial charge is 0.368 e. The molecule has 0 aliphatic carbocycles. The Morgan fingerprint density at radius 3 is 2.41 bits per heavy atom. The third-order valence-corrected chi connectivity index (χ3v) is 5.13. The maximum absolute atomic E-state index is 12.5. The standard InChI is InChI=1S/C19H24N4O4/c1-12(24)23-11-14(10-16(23)18(20)26)21-19(27)13-5-7-15(8-6-13)22-9-3-2-4-17(22)25/h5-8,14,16H,2-4,9-11H2,1H3,(H2,20,26)(H,21,27). The summed E-state index contributed by atoms with van der Waals surface area (Å²) in [6.45, 7) is 2.33. The van der Waals surface area contributed by atoms with Crippen LogP contribution in [0.15, 0.2) is 24.3 Å². The van der Waals surface area contributed by atoms with Gasteiger partial charge < -0.3 is 20.9 Å². The van der Waals surface area contributed by atoms with E-state index >= 15 is 0 Å². The summed E-state index contributed by atoms with van der Waals surface area (Å²) in [4.78, 5) is 50.8. The predicted molar refractivity (Wildman–Crippen MR) is 98.9 cm³/mol. The molecule has 0 aromatic heterocycles. The van der Waals surface area contributed by atoms with Gasteiger partial charge in [-0.3, -0.25) is 19.2 Å². The number of rotatable bonds is 4. The number of anilines is 1. The van der Waals surface area contributed by atoms with Crippen LogP contribution in [0.2, 0.25) is 0 Å². The highest BCUT2D eigenvalue weighted by molar-refractivity contribution is 5.97. The predicted octanol–water partition coefficient (Wildman–Crippen LogP) is 0.408. The summed E-state index contributed by atoms with van der Waals surface area (Å²) < 4.78 is 0. The number of nitrogens with two attached hydrogens (primary N) is 1. The fraction of sp³-hybridized carbons (Fsp3) is 0.474. The first-order valence-corrected chi connectivity index (χ1v) is 9.14. The van der Waals surface area contributed by atoms with Gasteiger partial charge in [-0.2, -0.15) is 0 Å². The number of nitrogens with zero attached hydrogens (tertiary/aromatic N) is 2. The average molecular weight is 372 g/mol. The van der Waals surface area contributed by atoms with E-state index in [1.165, 1.54) is 11.8 Å². The Kier molecular flexibility index (Phi) is 5.43. The summed E-state index contributed by atoms with van der Waals surface area (Å²) in [5.74, 6) is -1.00. The number of hydrogen-bond donors (Lipinski definition) is 2. The van der Waals surface area contributed by atoms with E-state index in [1.54, 1.807) is 29.2 Å². The Labute approximate surface area is 157 Å². The molecule has 2 aliphatic rings. The molecule has 8 nitrogen and oxygen atoms in total. The molecule has 2 atom stereocenters. The van der Waals surface area contributed by atoms with Gasteiger partial charge in [0.05, 0.1) is 0 Å². The van der Waals surface area contributed by atoms with Crippen LogP contribution in [0.1, 0.15) is 43.0 Å². The molecule has 2 unspecified atom stereocenters. The maximum atomic E-state index is 12.5. The molecule has 1 aromatic rings. The molecule has 0 bridgehead atoms. The van der Waals surface area contributed by atoms with Gasteiger partial charge >= 0.3 is 0 Å². The van der Waals surface area contributed by atoms with Crippen LogP contribution in [0, 0.1) is 0 Å². The molecule has 3 rings (SSSR count). The minimum atomic E-state index is -0.694. The van der Waals surface area contributed by atoms with Crippen LogP contribution >= 0.6 is 0 Å². The first-order chi connectivity index (χ1) is 12.9. The van der Waals surface area contributed by atoms with Crippen molar-refractivity contribution in [1.29, 1.82) is 0 Å². The molecule has 1 aromatic carbocycles. The second-order valence-electron chi connectivity index (χ2n) is 7.04. The van der Waals surface area contributed by atoms with Crippen LogP contribution in [-0.2, 0) is 14.4 Å². The highest BCUT2D eigenvalue weighted by Gasteiger charge is 2.37. The zero-order valence-corrected chi connectivity index (χ0v) is 15.3. The van der Waals surface area contributed by atoms with Crippen LogP contribution in [0.5, 0.6) is 0 Å². The molecule has 0 saturated carbocycles. The van der Waals surface area contributed by atoms with Gasteiger partial charge in [0.25, 0.3) is 5.91 Å². The molecule has 144 valence electrons. The molecule has 2 saturated heterocycles. The van der Waals surface area contributed by atoms with Gasteiger partial charge in [-0.25, -0.2) is 0 Å². The van der Waals surface area contributed by atoms with Crippen molar-refractivity contribution in [3.8, 4) is 0 Å². The summed E-state index contributed by atoms with van der Waals surface area (Å²) in [5.41, 5.74) is 6.60. The first-order valence-electron chi connectivity index (χ1n) is 9.14. The molecule has 2 heterocycles. The molecule has 2 aliphatic heterocycles. The van der Waals surface area contributed by atoms with E-state index in [2.05, 4.69) is 5.32 Å². The van der Waals surface area contributed by atoms with Gasteiger partial charge in [0.1, 0.15) is 6.04 Å². The van der Waals surface area contributed by atoms with Crippen molar-refractivity contribution in [3.05, 3.63) is 29.8 Å². The topological polar surface area (TPSA) is 113 Å². The lowest BCUT2D eigenvalue weighted by atomic mass is 10.1.